The summed E-state index contributed by atoms with van der Waals surface area (Å²) in [5.41, 5.74) is 6.28. The van der Waals surface area contributed by atoms with Crippen molar-refractivity contribution < 1.29 is 18.7 Å². The Morgan fingerprint density at radius 3 is 2.29 bits per heavy atom. The lowest BCUT2D eigenvalue weighted by Crippen LogP contribution is -2.29. The molecular weight excluding hydrogens is 526 g/mol. The zero-order valence-corrected chi connectivity index (χ0v) is 24.3. The molecule has 1 aliphatic rings. The fraction of sp³-hybridized carbons (Fsp3) is 0.222. The molecule has 6 heteroatoms. The van der Waals surface area contributed by atoms with Gasteiger partial charge >= 0.3 is 0 Å². The molecule has 42 heavy (non-hydrogen) atoms. The molecule has 5 aromatic rings. The fourth-order valence-corrected chi connectivity index (χ4v) is 5.73. The molecule has 1 aliphatic heterocycles. The SMILES string of the molecule is CCOc1cc(C2c3c(oc4cc(C)cc(C)c4c3=O)C(=O)N2Cc2ccc(C)cc2)ccc1OCc1ccccc1. The van der Waals surface area contributed by atoms with E-state index in [1.165, 1.54) is 0 Å². The van der Waals surface area contributed by atoms with Crippen LogP contribution in [0.4, 0.5) is 0 Å². The molecule has 0 radical (unpaired) electrons. The molecule has 1 amide bonds. The van der Waals surface area contributed by atoms with Gasteiger partial charge in [-0.2, -0.15) is 0 Å². The number of benzene rings is 4. The number of amides is 1. The van der Waals surface area contributed by atoms with Crippen LogP contribution in [0.1, 0.15) is 62.5 Å². The van der Waals surface area contributed by atoms with Gasteiger partial charge in [-0.25, -0.2) is 0 Å². The number of carbonyl (C=O) groups excluding carboxylic acids is 1. The van der Waals surface area contributed by atoms with E-state index in [1.54, 1.807) is 4.90 Å². The van der Waals surface area contributed by atoms with E-state index in [0.29, 0.717) is 47.8 Å². The van der Waals surface area contributed by atoms with Crippen LogP contribution >= 0.6 is 0 Å². The van der Waals surface area contributed by atoms with E-state index in [4.69, 9.17) is 13.9 Å². The Bertz CT molecular complexity index is 1840. The Kier molecular flexibility index (Phi) is 7.29. The van der Waals surface area contributed by atoms with Gasteiger partial charge in [-0.1, -0.05) is 72.3 Å². The standard InChI is InChI=1S/C36H33NO5/c1-5-40-29-19-27(15-16-28(29)41-21-26-9-7-6-8-10-26)33-32-34(38)31-24(4)17-23(3)18-30(31)42-35(32)36(39)37(33)20-25-13-11-22(2)12-14-25/h6-19,33H,5,20-21H2,1-4H3. The average molecular weight is 560 g/mol. The molecule has 0 bridgehead atoms. The van der Waals surface area contributed by atoms with Gasteiger partial charge in [0.25, 0.3) is 5.91 Å². The van der Waals surface area contributed by atoms with Gasteiger partial charge in [0.15, 0.2) is 16.9 Å². The van der Waals surface area contributed by atoms with Crippen LogP contribution in [0.3, 0.4) is 0 Å². The molecule has 0 fully saturated rings. The predicted molar refractivity (Wildman–Crippen MR) is 163 cm³/mol. The first-order valence-corrected chi connectivity index (χ1v) is 14.2. The van der Waals surface area contributed by atoms with Gasteiger partial charge < -0.3 is 18.8 Å². The quantitative estimate of drug-likeness (QED) is 0.198. The summed E-state index contributed by atoms with van der Waals surface area (Å²) in [6.07, 6.45) is 0. The van der Waals surface area contributed by atoms with E-state index in [0.717, 1.165) is 33.4 Å². The van der Waals surface area contributed by atoms with Gasteiger partial charge in [0, 0.05) is 6.54 Å². The number of hydrogen-bond acceptors (Lipinski definition) is 5. The molecule has 1 atom stereocenters. The minimum atomic E-state index is -0.655. The largest absolute Gasteiger partial charge is 0.490 e. The zero-order chi connectivity index (χ0) is 29.4. The normalized spacial score (nSPS) is 14.3. The molecule has 2 heterocycles. The maximum Gasteiger partial charge on any atom is 0.291 e. The Morgan fingerprint density at radius 2 is 1.55 bits per heavy atom. The highest BCUT2D eigenvalue weighted by Crippen LogP contribution is 2.42. The Hall–Kier alpha value is -4.84. The van der Waals surface area contributed by atoms with Crippen LogP contribution in [0.2, 0.25) is 0 Å². The number of carbonyl (C=O) groups is 1. The van der Waals surface area contributed by atoms with Gasteiger partial charge in [0.2, 0.25) is 5.76 Å². The Balaban J connectivity index is 1.48. The first-order chi connectivity index (χ1) is 20.3. The third-order valence-electron chi connectivity index (χ3n) is 7.71. The number of fused-ring (bicyclic) bond motifs is 2. The summed E-state index contributed by atoms with van der Waals surface area (Å²) < 4.78 is 18.4. The summed E-state index contributed by atoms with van der Waals surface area (Å²) in [5, 5.41) is 0.502. The van der Waals surface area contributed by atoms with E-state index in [-0.39, 0.29) is 17.1 Å². The number of hydrogen-bond donors (Lipinski definition) is 0. The first-order valence-electron chi connectivity index (χ1n) is 14.2. The van der Waals surface area contributed by atoms with Crippen LogP contribution < -0.4 is 14.9 Å². The van der Waals surface area contributed by atoms with E-state index in [9.17, 15) is 9.59 Å². The highest BCUT2D eigenvalue weighted by molar-refractivity contribution is 5.99. The molecule has 0 spiro atoms. The molecule has 0 saturated carbocycles. The molecule has 0 saturated heterocycles. The highest BCUT2D eigenvalue weighted by atomic mass is 16.5. The van der Waals surface area contributed by atoms with Crippen LogP contribution in [0.5, 0.6) is 11.5 Å². The second-order valence-electron chi connectivity index (χ2n) is 10.9. The minimum absolute atomic E-state index is 0.0944. The molecule has 0 aliphatic carbocycles. The minimum Gasteiger partial charge on any atom is -0.490 e. The van der Waals surface area contributed by atoms with Crippen LogP contribution in [0.25, 0.3) is 11.0 Å². The maximum absolute atomic E-state index is 14.2. The second kappa shape index (κ2) is 11.2. The summed E-state index contributed by atoms with van der Waals surface area (Å²) in [7, 11) is 0. The number of nitrogens with zero attached hydrogens (tertiary/aromatic N) is 1. The van der Waals surface area contributed by atoms with E-state index in [1.807, 2.05) is 113 Å². The number of rotatable bonds is 8. The Labute approximate surface area is 245 Å². The lowest BCUT2D eigenvalue weighted by molar-refractivity contribution is 0.0714. The smallest absolute Gasteiger partial charge is 0.291 e. The topological polar surface area (TPSA) is 69.0 Å². The van der Waals surface area contributed by atoms with Crippen LogP contribution in [-0.2, 0) is 13.2 Å². The van der Waals surface area contributed by atoms with E-state index >= 15 is 0 Å². The lowest BCUT2D eigenvalue weighted by Gasteiger charge is -2.26. The van der Waals surface area contributed by atoms with Crippen molar-refractivity contribution in [1.29, 1.82) is 0 Å². The molecular formula is C36H33NO5. The summed E-state index contributed by atoms with van der Waals surface area (Å²) in [4.78, 5) is 29.9. The van der Waals surface area contributed by atoms with Gasteiger partial charge in [-0.3, -0.25) is 9.59 Å². The van der Waals surface area contributed by atoms with Crippen molar-refractivity contribution in [2.75, 3.05) is 6.61 Å². The fourth-order valence-electron chi connectivity index (χ4n) is 5.73. The van der Waals surface area contributed by atoms with Gasteiger partial charge in [0.05, 0.1) is 23.6 Å². The summed E-state index contributed by atoms with van der Waals surface area (Å²) in [5.74, 6) is 0.933. The monoisotopic (exact) mass is 559 g/mol. The zero-order valence-electron chi connectivity index (χ0n) is 24.3. The Morgan fingerprint density at radius 1 is 0.786 bits per heavy atom. The van der Waals surface area contributed by atoms with Crippen molar-refractivity contribution in [2.45, 2.75) is 46.9 Å². The van der Waals surface area contributed by atoms with Crippen molar-refractivity contribution in [1.82, 2.24) is 4.90 Å². The van der Waals surface area contributed by atoms with Crippen LogP contribution in [0.15, 0.2) is 94.1 Å². The number of ether oxygens (including phenoxy) is 2. The second-order valence-corrected chi connectivity index (χ2v) is 10.9. The number of aryl methyl sites for hydroxylation is 3. The molecule has 1 unspecified atom stereocenters. The van der Waals surface area contributed by atoms with Gasteiger partial charge in [-0.05, 0) is 73.7 Å². The molecule has 4 aromatic carbocycles. The van der Waals surface area contributed by atoms with Crippen molar-refractivity contribution >= 4 is 16.9 Å². The lowest BCUT2D eigenvalue weighted by atomic mass is 9.96. The first kappa shape index (κ1) is 27.3. The van der Waals surface area contributed by atoms with Crippen molar-refractivity contribution in [3.63, 3.8) is 0 Å². The van der Waals surface area contributed by atoms with Gasteiger partial charge in [0.1, 0.15) is 12.2 Å². The average Bonchev–Trinajstić information content (AvgIpc) is 3.25. The highest BCUT2D eigenvalue weighted by Gasteiger charge is 2.43. The molecule has 212 valence electrons. The van der Waals surface area contributed by atoms with Crippen LogP contribution in [-0.4, -0.2) is 17.4 Å². The van der Waals surface area contributed by atoms with Crippen molar-refractivity contribution in [3.8, 4) is 11.5 Å². The third-order valence-corrected chi connectivity index (χ3v) is 7.71. The van der Waals surface area contributed by atoms with Crippen molar-refractivity contribution in [2.24, 2.45) is 0 Å². The summed E-state index contributed by atoms with van der Waals surface area (Å²) >= 11 is 0. The third kappa shape index (κ3) is 5.05. The van der Waals surface area contributed by atoms with Crippen molar-refractivity contribution in [3.05, 3.63) is 140 Å². The molecule has 6 rings (SSSR count). The molecule has 6 nitrogen and oxygen atoms in total. The summed E-state index contributed by atoms with van der Waals surface area (Å²) in [6.45, 7) is 8.93. The molecule has 0 N–H and O–H groups in total. The van der Waals surface area contributed by atoms with Gasteiger partial charge in [-0.15, -0.1) is 0 Å². The van der Waals surface area contributed by atoms with E-state index < -0.39 is 6.04 Å². The van der Waals surface area contributed by atoms with Crippen LogP contribution in [0, 0.1) is 20.8 Å². The predicted octanol–water partition coefficient (Wildman–Crippen LogP) is 7.44. The summed E-state index contributed by atoms with van der Waals surface area (Å²) in [6, 6.07) is 26.8. The van der Waals surface area contributed by atoms with E-state index in [2.05, 4.69) is 0 Å². The molecule has 1 aromatic heterocycles. The maximum atomic E-state index is 14.2.